The van der Waals surface area contributed by atoms with Gasteiger partial charge in [0.2, 0.25) is 5.91 Å². The van der Waals surface area contributed by atoms with E-state index >= 15 is 0 Å². The van der Waals surface area contributed by atoms with Gasteiger partial charge in [-0.05, 0) is 35.2 Å². The van der Waals surface area contributed by atoms with E-state index in [0.717, 1.165) is 16.7 Å². The van der Waals surface area contributed by atoms with E-state index in [0.29, 0.717) is 37.2 Å². The molecule has 0 bridgehead atoms. The maximum atomic E-state index is 13.5. The van der Waals surface area contributed by atoms with Crippen LogP contribution < -0.4 is 5.73 Å². The van der Waals surface area contributed by atoms with Crippen LogP contribution >= 0.6 is 0 Å². The third kappa shape index (κ3) is 4.42. The second-order valence-electron chi connectivity index (χ2n) is 7.42. The Morgan fingerprint density at radius 1 is 0.967 bits per heavy atom. The minimum absolute atomic E-state index is 0.103. The highest BCUT2D eigenvalue weighted by Crippen LogP contribution is 2.25. The number of ether oxygens (including phenoxy) is 1. The molecule has 2 amide bonds. The summed E-state index contributed by atoms with van der Waals surface area (Å²) in [5.74, 6) is -0.646. The second-order valence-corrected chi connectivity index (χ2v) is 7.42. The third-order valence-corrected chi connectivity index (χ3v) is 5.39. The molecule has 0 saturated carbocycles. The van der Waals surface area contributed by atoms with E-state index in [-0.39, 0.29) is 12.0 Å². The van der Waals surface area contributed by atoms with E-state index in [4.69, 9.17) is 10.5 Å². The van der Waals surface area contributed by atoms with E-state index in [2.05, 4.69) is 0 Å². The predicted molar refractivity (Wildman–Crippen MR) is 115 cm³/mol. The number of morpholine rings is 1. The van der Waals surface area contributed by atoms with Crippen molar-refractivity contribution >= 4 is 11.8 Å². The number of amides is 2. The van der Waals surface area contributed by atoms with E-state index in [1.807, 2.05) is 66.7 Å². The zero-order chi connectivity index (χ0) is 20.9. The van der Waals surface area contributed by atoms with Gasteiger partial charge in [0.1, 0.15) is 6.10 Å². The molecule has 1 aliphatic rings. The smallest absolute Gasteiger partial charge is 0.254 e. The van der Waals surface area contributed by atoms with Crippen LogP contribution in [-0.4, -0.2) is 36.4 Å². The van der Waals surface area contributed by atoms with Crippen molar-refractivity contribution in [1.82, 2.24) is 4.90 Å². The van der Waals surface area contributed by atoms with Gasteiger partial charge in [0.25, 0.3) is 5.91 Å². The topological polar surface area (TPSA) is 72.6 Å². The van der Waals surface area contributed by atoms with Gasteiger partial charge in [-0.3, -0.25) is 9.59 Å². The number of benzene rings is 3. The highest BCUT2D eigenvalue weighted by atomic mass is 16.5. The lowest BCUT2D eigenvalue weighted by atomic mass is 9.96. The van der Waals surface area contributed by atoms with Crippen LogP contribution in [0.25, 0.3) is 0 Å². The lowest BCUT2D eigenvalue weighted by Gasteiger charge is -2.33. The molecule has 5 nitrogen and oxygen atoms in total. The lowest BCUT2D eigenvalue weighted by Crippen LogP contribution is -2.42. The van der Waals surface area contributed by atoms with Crippen molar-refractivity contribution in [1.29, 1.82) is 0 Å². The quantitative estimate of drug-likeness (QED) is 0.711. The molecule has 152 valence electrons. The molecule has 0 spiro atoms. The normalized spacial score (nSPS) is 16.3. The van der Waals surface area contributed by atoms with E-state index in [1.165, 1.54) is 0 Å². The monoisotopic (exact) mass is 400 g/mol. The zero-order valence-electron chi connectivity index (χ0n) is 16.7. The van der Waals surface area contributed by atoms with Gasteiger partial charge < -0.3 is 15.4 Å². The summed E-state index contributed by atoms with van der Waals surface area (Å²) in [6, 6.07) is 25.0. The molecular weight excluding hydrogens is 376 g/mol. The highest BCUT2D eigenvalue weighted by molar-refractivity contribution is 6.00. The first-order valence-corrected chi connectivity index (χ1v) is 10.0. The molecule has 3 aromatic carbocycles. The molecule has 2 N–H and O–H groups in total. The molecule has 4 rings (SSSR count). The summed E-state index contributed by atoms with van der Waals surface area (Å²) in [5.41, 5.74) is 9.35. The Labute approximate surface area is 176 Å². The number of carbonyl (C=O) groups is 2. The van der Waals surface area contributed by atoms with Crippen molar-refractivity contribution in [3.63, 3.8) is 0 Å². The minimum Gasteiger partial charge on any atom is -0.370 e. The molecule has 0 aliphatic carbocycles. The molecule has 0 radical (unpaired) electrons. The fourth-order valence-corrected chi connectivity index (χ4v) is 3.77. The Balaban J connectivity index is 1.63. The van der Waals surface area contributed by atoms with Crippen LogP contribution in [0, 0.1) is 0 Å². The van der Waals surface area contributed by atoms with Gasteiger partial charge in [0, 0.05) is 17.7 Å². The molecule has 1 atom stereocenters. The Morgan fingerprint density at radius 3 is 2.37 bits per heavy atom. The van der Waals surface area contributed by atoms with Gasteiger partial charge in [-0.15, -0.1) is 0 Å². The third-order valence-electron chi connectivity index (χ3n) is 5.39. The molecule has 1 aliphatic heterocycles. The van der Waals surface area contributed by atoms with Crippen LogP contribution in [0.2, 0.25) is 0 Å². The number of carbonyl (C=O) groups excluding carboxylic acids is 2. The maximum Gasteiger partial charge on any atom is 0.254 e. The van der Waals surface area contributed by atoms with Crippen molar-refractivity contribution < 1.29 is 14.3 Å². The first-order chi connectivity index (χ1) is 14.6. The molecule has 0 aromatic heterocycles. The lowest BCUT2D eigenvalue weighted by molar-refractivity contribution is -0.0228. The largest absolute Gasteiger partial charge is 0.370 e. The number of hydrogen-bond donors (Lipinski definition) is 1. The first kappa shape index (κ1) is 19.9. The predicted octanol–water partition coefficient (Wildman–Crippen LogP) is 3.59. The summed E-state index contributed by atoms with van der Waals surface area (Å²) >= 11 is 0. The summed E-state index contributed by atoms with van der Waals surface area (Å²) in [5, 5.41) is 0. The average Bonchev–Trinajstić information content (AvgIpc) is 2.80. The summed E-state index contributed by atoms with van der Waals surface area (Å²) in [6.07, 6.45) is 0.439. The van der Waals surface area contributed by atoms with Crippen LogP contribution in [0.3, 0.4) is 0 Å². The molecule has 1 heterocycles. The molecule has 1 unspecified atom stereocenters. The van der Waals surface area contributed by atoms with Crippen LogP contribution in [-0.2, 0) is 11.2 Å². The van der Waals surface area contributed by atoms with E-state index in [9.17, 15) is 9.59 Å². The van der Waals surface area contributed by atoms with Crippen molar-refractivity contribution in [3.05, 3.63) is 107 Å². The van der Waals surface area contributed by atoms with Crippen molar-refractivity contribution in [2.75, 3.05) is 19.7 Å². The number of nitrogens with zero attached hydrogens (tertiary/aromatic N) is 1. The Hall–Kier alpha value is -3.44. The molecule has 3 aromatic rings. The SMILES string of the molecule is NC(=O)c1ccc(Cc2ccccc2)c(C(=O)N2CCOC(c3ccccc3)C2)c1. The number of nitrogens with two attached hydrogens (primary N) is 1. The number of rotatable bonds is 5. The Kier molecular flexibility index (Phi) is 5.91. The molecule has 1 fully saturated rings. The summed E-state index contributed by atoms with van der Waals surface area (Å²) < 4.78 is 5.90. The average molecular weight is 400 g/mol. The molecule has 5 heteroatoms. The van der Waals surface area contributed by atoms with Crippen molar-refractivity contribution in [2.24, 2.45) is 5.73 Å². The van der Waals surface area contributed by atoms with Gasteiger partial charge in [0.15, 0.2) is 0 Å². The molecule has 1 saturated heterocycles. The maximum absolute atomic E-state index is 13.5. The van der Waals surface area contributed by atoms with E-state index in [1.54, 1.807) is 17.0 Å². The Bertz CT molecular complexity index is 1030. The van der Waals surface area contributed by atoms with Gasteiger partial charge >= 0.3 is 0 Å². The van der Waals surface area contributed by atoms with Gasteiger partial charge in [-0.25, -0.2) is 0 Å². The summed E-state index contributed by atoms with van der Waals surface area (Å²) in [4.78, 5) is 27.0. The van der Waals surface area contributed by atoms with Gasteiger partial charge in [-0.1, -0.05) is 66.7 Å². The standard InChI is InChI=1S/C25H24N2O3/c26-24(28)21-12-11-20(15-18-7-3-1-4-8-18)22(16-21)25(29)27-13-14-30-23(17-27)19-9-5-2-6-10-19/h1-12,16,23H,13-15,17H2,(H2,26,28). The fourth-order valence-electron chi connectivity index (χ4n) is 3.77. The number of primary amides is 1. The van der Waals surface area contributed by atoms with E-state index < -0.39 is 5.91 Å². The number of hydrogen-bond acceptors (Lipinski definition) is 3. The van der Waals surface area contributed by atoms with Crippen LogP contribution in [0.1, 0.15) is 43.5 Å². The minimum atomic E-state index is -0.542. The van der Waals surface area contributed by atoms with Crippen molar-refractivity contribution in [2.45, 2.75) is 12.5 Å². The van der Waals surface area contributed by atoms with Crippen LogP contribution in [0.5, 0.6) is 0 Å². The second kappa shape index (κ2) is 8.93. The summed E-state index contributed by atoms with van der Waals surface area (Å²) in [7, 11) is 0. The first-order valence-electron chi connectivity index (χ1n) is 10.0. The van der Waals surface area contributed by atoms with Gasteiger partial charge in [0.05, 0.1) is 13.2 Å². The van der Waals surface area contributed by atoms with Gasteiger partial charge in [-0.2, -0.15) is 0 Å². The highest BCUT2D eigenvalue weighted by Gasteiger charge is 2.27. The molecular formula is C25H24N2O3. The van der Waals surface area contributed by atoms with Crippen molar-refractivity contribution in [3.8, 4) is 0 Å². The Morgan fingerprint density at radius 2 is 1.67 bits per heavy atom. The van der Waals surface area contributed by atoms with Crippen LogP contribution in [0.15, 0.2) is 78.9 Å². The summed E-state index contributed by atoms with van der Waals surface area (Å²) in [6.45, 7) is 1.44. The molecule has 30 heavy (non-hydrogen) atoms. The van der Waals surface area contributed by atoms with Crippen LogP contribution in [0.4, 0.5) is 0 Å². The fraction of sp³-hybridized carbons (Fsp3) is 0.200. The zero-order valence-corrected chi connectivity index (χ0v) is 16.7.